The molecule has 0 amide bonds. The van der Waals surface area contributed by atoms with Crippen molar-refractivity contribution in [2.24, 2.45) is 4.99 Å². The number of likely N-dealkylation sites (tertiary alicyclic amines) is 1. The molecular weight excluding hydrogens is 340 g/mol. The molecule has 2 bridgehead atoms. The highest BCUT2D eigenvalue weighted by atomic mass is 16.5. The molecule has 4 atom stereocenters. The van der Waals surface area contributed by atoms with Crippen molar-refractivity contribution in [3.8, 4) is 5.75 Å². The van der Waals surface area contributed by atoms with Crippen LogP contribution in [-0.2, 0) is 4.74 Å². The van der Waals surface area contributed by atoms with Crippen LogP contribution in [0.5, 0.6) is 5.75 Å². The van der Waals surface area contributed by atoms with Crippen LogP contribution >= 0.6 is 0 Å². The number of nitrogens with zero attached hydrogens (tertiary/aromatic N) is 2. The van der Waals surface area contributed by atoms with Gasteiger partial charge in [0, 0.05) is 19.2 Å². The summed E-state index contributed by atoms with van der Waals surface area (Å²) in [5.41, 5.74) is 1.24. The summed E-state index contributed by atoms with van der Waals surface area (Å²) in [5, 5.41) is 7.16. The van der Waals surface area contributed by atoms with Gasteiger partial charge < -0.3 is 20.1 Å². The lowest BCUT2D eigenvalue weighted by Gasteiger charge is -2.30. The van der Waals surface area contributed by atoms with Crippen LogP contribution in [0.15, 0.2) is 29.3 Å². The molecule has 2 N–H and O–H groups in total. The second kappa shape index (κ2) is 8.48. The SMILES string of the molecule is CN=C(NCC(c1ccccc1OC)N1CCCC1)NC1CC2CCC1O2. The maximum atomic E-state index is 5.97. The van der Waals surface area contributed by atoms with Crippen molar-refractivity contribution in [3.63, 3.8) is 0 Å². The molecule has 3 aliphatic heterocycles. The monoisotopic (exact) mass is 372 g/mol. The average Bonchev–Trinajstić information content (AvgIpc) is 3.46. The number of methoxy groups -OCH3 is 1. The molecule has 4 rings (SSSR count). The predicted octanol–water partition coefficient (Wildman–Crippen LogP) is 2.32. The van der Waals surface area contributed by atoms with Crippen LogP contribution in [0.3, 0.4) is 0 Å². The van der Waals surface area contributed by atoms with Gasteiger partial charge in [-0.25, -0.2) is 0 Å². The zero-order valence-electron chi connectivity index (χ0n) is 16.5. The summed E-state index contributed by atoms with van der Waals surface area (Å²) < 4.78 is 11.6. The molecule has 148 valence electrons. The van der Waals surface area contributed by atoms with Gasteiger partial charge in [-0.15, -0.1) is 0 Å². The minimum absolute atomic E-state index is 0.276. The summed E-state index contributed by atoms with van der Waals surface area (Å²) in [4.78, 5) is 7.01. The minimum Gasteiger partial charge on any atom is -0.496 e. The second-order valence-corrected chi connectivity index (χ2v) is 7.81. The van der Waals surface area contributed by atoms with Crippen LogP contribution in [0.4, 0.5) is 0 Å². The maximum Gasteiger partial charge on any atom is 0.191 e. The van der Waals surface area contributed by atoms with Crippen molar-refractivity contribution < 1.29 is 9.47 Å². The van der Waals surface area contributed by atoms with E-state index in [1.807, 2.05) is 13.1 Å². The molecule has 27 heavy (non-hydrogen) atoms. The van der Waals surface area contributed by atoms with Crippen molar-refractivity contribution >= 4 is 5.96 Å². The Bertz CT molecular complexity index is 659. The Morgan fingerprint density at radius 3 is 2.78 bits per heavy atom. The third kappa shape index (κ3) is 4.06. The fourth-order valence-electron chi connectivity index (χ4n) is 4.78. The van der Waals surface area contributed by atoms with Crippen LogP contribution < -0.4 is 15.4 Å². The number of hydrogen-bond acceptors (Lipinski definition) is 4. The molecule has 0 saturated carbocycles. The van der Waals surface area contributed by atoms with E-state index in [4.69, 9.17) is 9.47 Å². The number of rotatable bonds is 6. The standard InChI is InChI=1S/C21H32N4O2/c1-22-21(24-17-13-15-9-10-20(17)27-15)23-14-18(25-11-5-6-12-25)16-7-3-4-8-19(16)26-2/h3-4,7-8,15,17-18,20H,5-6,9-14H2,1-2H3,(H2,22,23,24). The van der Waals surface area contributed by atoms with Crippen molar-refractivity contribution in [3.05, 3.63) is 29.8 Å². The van der Waals surface area contributed by atoms with E-state index < -0.39 is 0 Å². The lowest BCUT2D eigenvalue weighted by molar-refractivity contribution is 0.0992. The highest BCUT2D eigenvalue weighted by Crippen LogP contribution is 2.34. The molecule has 0 radical (unpaired) electrons. The Morgan fingerprint density at radius 2 is 2.11 bits per heavy atom. The van der Waals surface area contributed by atoms with Gasteiger partial charge >= 0.3 is 0 Å². The fourth-order valence-corrected chi connectivity index (χ4v) is 4.78. The van der Waals surface area contributed by atoms with Gasteiger partial charge in [0.2, 0.25) is 0 Å². The second-order valence-electron chi connectivity index (χ2n) is 7.81. The van der Waals surface area contributed by atoms with E-state index in [0.29, 0.717) is 18.2 Å². The van der Waals surface area contributed by atoms with Crippen molar-refractivity contribution in [1.29, 1.82) is 0 Å². The largest absolute Gasteiger partial charge is 0.496 e. The van der Waals surface area contributed by atoms with Gasteiger partial charge in [0.05, 0.1) is 31.4 Å². The predicted molar refractivity (Wildman–Crippen MR) is 107 cm³/mol. The Kier molecular flexibility index (Phi) is 5.83. The highest BCUT2D eigenvalue weighted by molar-refractivity contribution is 5.80. The van der Waals surface area contributed by atoms with E-state index in [2.05, 4.69) is 38.7 Å². The molecule has 3 heterocycles. The molecule has 3 fully saturated rings. The van der Waals surface area contributed by atoms with E-state index in [9.17, 15) is 0 Å². The van der Waals surface area contributed by atoms with Gasteiger partial charge in [-0.2, -0.15) is 0 Å². The minimum atomic E-state index is 0.276. The summed E-state index contributed by atoms with van der Waals surface area (Å²) in [6.45, 7) is 3.08. The molecule has 0 aliphatic carbocycles. The molecule has 4 unspecified atom stereocenters. The number of ether oxygens (including phenoxy) is 2. The molecule has 6 nitrogen and oxygen atoms in total. The number of fused-ring (bicyclic) bond motifs is 2. The topological polar surface area (TPSA) is 58.1 Å². The summed E-state index contributed by atoms with van der Waals surface area (Å²) in [6, 6.07) is 9.03. The molecule has 6 heteroatoms. The summed E-state index contributed by atoms with van der Waals surface area (Å²) >= 11 is 0. The number of aliphatic imine (C=N–C) groups is 1. The molecule has 0 spiro atoms. The number of benzene rings is 1. The molecule has 3 saturated heterocycles. The van der Waals surface area contributed by atoms with Crippen LogP contribution in [0.1, 0.15) is 43.7 Å². The number of guanidine groups is 1. The van der Waals surface area contributed by atoms with Crippen LogP contribution in [-0.4, -0.2) is 62.9 Å². The Labute approximate surface area is 162 Å². The smallest absolute Gasteiger partial charge is 0.191 e. The zero-order valence-corrected chi connectivity index (χ0v) is 16.5. The van der Waals surface area contributed by atoms with E-state index >= 15 is 0 Å². The van der Waals surface area contributed by atoms with E-state index in [-0.39, 0.29) is 6.04 Å². The lowest BCUT2D eigenvalue weighted by atomic mass is 9.96. The third-order valence-electron chi connectivity index (χ3n) is 6.19. The summed E-state index contributed by atoms with van der Waals surface area (Å²) in [6.07, 6.45) is 6.78. The summed E-state index contributed by atoms with van der Waals surface area (Å²) in [7, 11) is 3.60. The number of para-hydroxylation sites is 1. The normalized spacial score (nSPS) is 29.1. The van der Waals surface area contributed by atoms with Crippen molar-refractivity contribution in [2.45, 2.75) is 56.4 Å². The maximum absolute atomic E-state index is 5.97. The van der Waals surface area contributed by atoms with Crippen molar-refractivity contribution in [1.82, 2.24) is 15.5 Å². The van der Waals surface area contributed by atoms with Gasteiger partial charge in [-0.05, 0) is 51.3 Å². The molecular formula is C21H32N4O2. The first kappa shape index (κ1) is 18.6. The van der Waals surface area contributed by atoms with Gasteiger partial charge in [0.25, 0.3) is 0 Å². The van der Waals surface area contributed by atoms with Gasteiger partial charge in [0.1, 0.15) is 5.75 Å². The van der Waals surface area contributed by atoms with Gasteiger partial charge in [0.15, 0.2) is 5.96 Å². The Morgan fingerprint density at radius 1 is 1.30 bits per heavy atom. The van der Waals surface area contributed by atoms with Gasteiger partial charge in [-0.3, -0.25) is 9.89 Å². The first-order valence-electron chi connectivity index (χ1n) is 10.3. The lowest BCUT2D eigenvalue weighted by Crippen LogP contribution is -2.49. The van der Waals surface area contributed by atoms with E-state index in [0.717, 1.165) is 44.2 Å². The first-order valence-corrected chi connectivity index (χ1v) is 10.3. The van der Waals surface area contributed by atoms with Crippen LogP contribution in [0, 0.1) is 0 Å². The first-order chi connectivity index (χ1) is 13.3. The van der Waals surface area contributed by atoms with Gasteiger partial charge in [-0.1, -0.05) is 18.2 Å². The Balaban J connectivity index is 1.43. The quantitative estimate of drug-likeness (QED) is 0.593. The molecule has 1 aromatic rings. The number of hydrogen-bond donors (Lipinski definition) is 2. The highest BCUT2D eigenvalue weighted by Gasteiger charge is 2.41. The van der Waals surface area contributed by atoms with Crippen molar-refractivity contribution in [2.75, 3.05) is 33.8 Å². The number of nitrogens with one attached hydrogen (secondary N) is 2. The summed E-state index contributed by atoms with van der Waals surface area (Å²) in [5.74, 6) is 1.83. The zero-order chi connectivity index (χ0) is 18.6. The third-order valence-corrected chi connectivity index (χ3v) is 6.19. The van der Waals surface area contributed by atoms with E-state index in [1.54, 1.807) is 7.11 Å². The Hall–Kier alpha value is -1.79. The molecule has 1 aromatic carbocycles. The van der Waals surface area contributed by atoms with Crippen LogP contribution in [0.2, 0.25) is 0 Å². The average molecular weight is 373 g/mol. The van der Waals surface area contributed by atoms with E-state index in [1.165, 1.54) is 24.8 Å². The molecule has 0 aromatic heterocycles. The molecule has 3 aliphatic rings. The fraction of sp³-hybridized carbons (Fsp3) is 0.667. The van der Waals surface area contributed by atoms with Crippen LogP contribution in [0.25, 0.3) is 0 Å².